The quantitative estimate of drug-likeness (QED) is 0.0670. The molecule has 0 saturated carbocycles. The largest absolute Gasteiger partial charge is 0.443 e. The van der Waals surface area contributed by atoms with Gasteiger partial charge >= 0.3 is 0 Å². The lowest BCUT2D eigenvalue weighted by Gasteiger charge is -2.24. The van der Waals surface area contributed by atoms with Crippen LogP contribution in [0, 0.1) is 0 Å². The Kier molecular flexibility index (Phi) is 29.9. The molecule has 17 aromatic heterocycles. The number of aromatic nitrogens is 19. The van der Waals surface area contributed by atoms with E-state index in [1.807, 2.05) is 266 Å². The zero-order valence-electron chi connectivity index (χ0n) is 73.6. The van der Waals surface area contributed by atoms with Gasteiger partial charge in [0, 0.05) is 205 Å². The van der Waals surface area contributed by atoms with Gasteiger partial charge in [0.25, 0.3) is 0 Å². The number of hydrogen-bond donors (Lipinski definition) is 13. The van der Waals surface area contributed by atoms with Crippen molar-refractivity contribution in [2.24, 2.45) is 15.2 Å². The van der Waals surface area contributed by atoms with E-state index >= 15 is 0 Å². The third-order valence-electron chi connectivity index (χ3n) is 21.0. The number of nitrogens with zero attached hydrogens (tertiary/aromatic N) is 16. The number of hydrogen-bond acceptors (Lipinski definition) is 24. The summed E-state index contributed by atoms with van der Waals surface area (Å²) >= 11 is 3.21. The van der Waals surface area contributed by atoms with Crippen LogP contribution >= 0.6 is 23.5 Å². The number of pyridine rings is 7. The third kappa shape index (κ3) is 23.4. The fraction of sp³-hybridized carbons (Fsp3) is 0. The summed E-state index contributed by atoms with van der Waals surface area (Å²) in [5.74, 6) is 1.55. The number of fused-ring (bicyclic) bond motifs is 21. The highest BCUT2D eigenvalue weighted by atomic mass is 32.2. The minimum atomic E-state index is 0.630. The first-order valence-corrected chi connectivity index (χ1v) is 45.2. The summed E-state index contributed by atoms with van der Waals surface area (Å²) in [4.78, 5) is 69.1. The molecular formula is C106H87N29OS2. The number of amidine groups is 1. The predicted octanol–water partition coefficient (Wildman–Crippen LogP) is 23.6. The molecule has 30 rings (SSSR count). The van der Waals surface area contributed by atoms with Gasteiger partial charge < -0.3 is 60.1 Å². The average molecular weight is 1850 g/mol. The summed E-state index contributed by atoms with van der Waals surface area (Å²) in [6.45, 7) is 0. The highest BCUT2D eigenvalue weighted by Gasteiger charge is 2.12. The summed E-state index contributed by atoms with van der Waals surface area (Å²) in [7, 11) is 0. The number of aliphatic imine (C=N–C) groups is 1. The highest BCUT2D eigenvalue weighted by molar-refractivity contribution is 8.12. The number of ether oxygens (including phenoxy) is 1. The first-order valence-electron chi connectivity index (χ1n) is 43.4. The third-order valence-corrected chi connectivity index (χ3v) is 22.6. The molecule has 0 atom stereocenters. The van der Waals surface area contributed by atoms with E-state index in [2.05, 4.69) is 234 Å². The van der Waals surface area contributed by atoms with Crippen LogP contribution < -0.4 is 31.6 Å². The number of nitrogens with one attached hydrogen (secondary N) is 13. The van der Waals surface area contributed by atoms with Crippen LogP contribution in [0.1, 0.15) is 0 Å². The van der Waals surface area contributed by atoms with Gasteiger partial charge in [-0.3, -0.25) is 41.2 Å². The van der Waals surface area contributed by atoms with Crippen molar-refractivity contribution in [2.75, 3.05) is 16.1 Å². The molecule has 0 spiro atoms. The Morgan fingerprint density at radius 2 is 0.928 bits per heavy atom. The van der Waals surface area contributed by atoms with Crippen molar-refractivity contribution in [1.82, 2.24) is 116 Å². The summed E-state index contributed by atoms with van der Waals surface area (Å²) in [6, 6.07) is 79.0. The predicted molar refractivity (Wildman–Crippen MR) is 561 cm³/mol. The first kappa shape index (κ1) is 89.5. The zero-order chi connectivity index (χ0) is 93.2. The van der Waals surface area contributed by atoms with Crippen LogP contribution in [0.2, 0.25) is 0 Å². The lowest BCUT2D eigenvalue weighted by atomic mass is 10.2. The Hall–Kier alpha value is -19.1. The van der Waals surface area contributed by atoms with Crippen molar-refractivity contribution in [3.05, 3.63) is 445 Å². The van der Waals surface area contributed by atoms with Gasteiger partial charge in [-0.2, -0.15) is 20.4 Å². The van der Waals surface area contributed by atoms with Crippen molar-refractivity contribution in [2.45, 2.75) is 9.92 Å². The SMILES string of the molecule is C1=CC2=CN=CNN2C=C1.C1=CC2=NNC=CN2C=C1.C1=COc2ncccc2N1.C1=CSc2ncccc2N1.C1=NNc2ccncc2S1.c1cc2[nH]ccc2cn1.c1cc2cc[nH]c2cn1.c1ccc2[nH]ccc2c1.c1ccc2c(c1)[nH]c1ccccc12.c1ccc2c(c1)[nH]c1cccnc12.c1ccc2c(c1)[nH]c1cncnc12.c1ccc2c(c1)[nH]c1cnncc12.c1cnc2[nH]ccc2c1. The fourth-order valence-electron chi connectivity index (χ4n) is 14.5. The van der Waals surface area contributed by atoms with Gasteiger partial charge in [0.1, 0.15) is 35.3 Å². The maximum Gasteiger partial charge on any atom is 0.242 e. The molecule has 0 aliphatic carbocycles. The molecule has 23 aromatic rings. The monoisotopic (exact) mass is 1850 g/mol. The standard InChI is InChI=1S/C12H9N.C11H8N2.2C10H7N3.C8H7N.2C7H7N3.C7H6N2O.C7H6N2S.3C7H6N2.C6H5N3S/c1-3-7-11-9(5-1)10-6-2-4-8-12(10)13-11;1-2-5-9-8(4-1)11-10(13-9)6-3-7-12-11;1-2-4-9-7(3-1)8-5-11-12-6-10(8)13-9;1-2-4-8-7(3-1)10-9(13-8)5-11-6-12-10;1-2-4-8-7(3-1)5-6-9-8;1-2-5-10-6-4-8-9-7(10)3-1;1-2-4-10-7(3-1)5-8-6-9-10;2*1-2-6-7(9-3-1)10-5-4-8-6;1-4-9-7-2-3-8-5-6(1)7;1-3-8-5-7-6(1)2-4-9-7;1-2-6-3-5-9-7(6)8-4-1;1-2-7-3-6-5(1)9-8-4-10-6/h1-8,13H;1-7,13H;2*1-6,13H;1-6,9H;1-6,8H;1-6H,(H,8,9);2*1-5,8H;2*1-5,9H;1-5H,(H,8,9);1-4,9H. The molecule has 674 valence electrons. The van der Waals surface area contributed by atoms with Gasteiger partial charge in [-0.05, 0) is 162 Å². The van der Waals surface area contributed by atoms with E-state index in [0.717, 1.165) is 121 Å². The molecule has 13 N–H and O–H groups in total. The van der Waals surface area contributed by atoms with E-state index in [1.165, 1.54) is 48.9 Å². The van der Waals surface area contributed by atoms with Gasteiger partial charge in [0.15, 0.2) is 5.84 Å². The Balaban J connectivity index is 0.0000000995. The number of hydrazine groups is 1. The molecule has 0 unspecified atom stereocenters. The normalized spacial score (nSPS) is 12.7. The molecule has 0 radical (unpaired) electrons. The van der Waals surface area contributed by atoms with Gasteiger partial charge in [0.2, 0.25) is 5.88 Å². The Morgan fingerprint density at radius 3 is 1.67 bits per heavy atom. The zero-order valence-corrected chi connectivity index (χ0v) is 75.2. The number of H-pyrrole nitrogens is 8. The van der Waals surface area contributed by atoms with E-state index < -0.39 is 0 Å². The molecule has 7 aliphatic heterocycles. The second-order valence-corrected chi connectivity index (χ2v) is 31.6. The molecule has 30 nitrogen and oxygen atoms in total. The van der Waals surface area contributed by atoms with E-state index in [1.54, 1.807) is 122 Å². The van der Waals surface area contributed by atoms with E-state index in [9.17, 15) is 0 Å². The Morgan fingerprint density at radius 1 is 0.355 bits per heavy atom. The van der Waals surface area contributed by atoms with Gasteiger partial charge in [0.05, 0.1) is 91.6 Å². The molecule has 138 heavy (non-hydrogen) atoms. The fourth-order valence-corrected chi connectivity index (χ4v) is 15.7. The minimum Gasteiger partial charge on any atom is -0.443 e. The van der Waals surface area contributed by atoms with Gasteiger partial charge in [-0.25, -0.2) is 29.9 Å². The second-order valence-electron chi connectivity index (χ2n) is 29.8. The van der Waals surface area contributed by atoms with Crippen LogP contribution in [0.25, 0.3) is 131 Å². The molecule has 0 bridgehead atoms. The Bertz CT molecular complexity index is 7130. The van der Waals surface area contributed by atoms with Crippen LogP contribution in [0.5, 0.6) is 5.88 Å². The second kappa shape index (κ2) is 46.1. The summed E-state index contributed by atoms with van der Waals surface area (Å²) < 4.78 is 5.07. The van der Waals surface area contributed by atoms with Crippen LogP contribution in [0.4, 0.5) is 17.1 Å². The number of aromatic amines is 8. The number of allylic oxidation sites excluding steroid dienone is 5. The highest BCUT2D eigenvalue weighted by Crippen LogP contribution is 2.32. The topological polar surface area (TPSA) is 381 Å². The van der Waals surface area contributed by atoms with E-state index in [0.29, 0.717) is 5.88 Å². The molecule has 0 fully saturated rings. The van der Waals surface area contributed by atoms with Gasteiger partial charge in [-0.15, -0.1) is 0 Å². The molecule has 24 heterocycles. The summed E-state index contributed by atoms with van der Waals surface area (Å²) in [6.07, 6.45) is 60.5. The van der Waals surface area contributed by atoms with Crippen LogP contribution in [-0.2, 0) is 0 Å². The number of hydrazone groups is 2. The number of benzene rings is 6. The molecule has 6 aromatic carbocycles. The molecule has 7 aliphatic rings. The first-order chi connectivity index (χ1) is 68.5. The van der Waals surface area contributed by atoms with Crippen LogP contribution in [0.3, 0.4) is 0 Å². The van der Waals surface area contributed by atoms with Crippen molar-refractivity contribution in [1.29, 1.82) is 0 Å². The number of rotatable bonds is 0. The maximum absolute atomic E-state index is 5.07. The average Bonchev–Trinajstić information content (AvgIpc) is 1.66. The van der Waals surface area contributed by atoms with Crippen molar-refractivity contribution in [3.8, 4) is 5.88 Å². The van der Waals surface area contributed by atoms with E-state index in [-0.39, 0.29) is 0 Å². The molecular weight excluding hydrogens is 1760 g/mol. The number of para-hydroxylation sites is 6. The number of anilines is 3. The molecule has 32 heteroatoms. The van der Waals surface area contributed by atoms with Crippen LogP contribution in [0.15, 0.2) is 471 Å². The summed E-state index contributed by atoms with van der Waals surface area (Å²) in [5.41, 5.74) is 29.8. The van der Waals surface area contributed by atoms with Crippen LogP contribution in [-0.4, -0.2) is 123 Å². The molecule has 0 saturated heterocycles. The minimum absolute atomic E-state index is 0.630. The van der Waals surface area contributed by atoms with Crippen molar-refractivity contribution >= 4 is 190 Å². The molecule has 0 amide bonds. The lowest BCUT2D eigenvalue weighted by Crippen LogP contribution is -2.33. The van der Waals surface area contributed by atoms with E-state index in [4.69, 9.17) is 4.74 Å². The number of thioether (sulfide) groups is 2. The lowest BCUT2D eigenvalue weighted by molar-refractivity contribution is 0.426. The summed E-state index contributed by atoms with van der Waals surface area (Å²) in [5, 5.41) is 38.7. The smallest absolute Gasteiger partial charge is 0.242 e. The van der Waals surface area contributed by atoms with Crippen molar-refractivity contribution in [3.63, 3.8) is 0 Å². The Labute approximate surface area is 797 Å². The maximum atomic E-state index is 5.07. The van der Waals surface area contributed by atoms with Crippen molar-refractivity contribution < 1.29 is 4.74 Å². The van der Waals surface area contributed by atoms with Gasteiger partial charge in [-0.1, -0.05) is 145 Å².